The van der Waals surface area contributed by atoms with Crippen molar-refractivity contribution in [2.24, 2.45) is 0 Å². The van der Waals surface area contributed by atoms with Crippen molar-refractivity contribution in [3.63, 3.8) is 0 Å². The summed E-state index contributed by atoms with van der Waals surface area (Å²) >= 11 is 0. The highest BCUT2D eigenvalue weighted by molar-refractivity contribution is 7.91. The van der Waals surface area contributed by atoms with Crippen molar-refractivity contribution in [1.82, 2.24) is 29.6 Å². The molecule has 15 nitrogen and oxygen atoms in total. The molecule has 1 aliphatic heterocycles. The van der Waals surface area contributed by atoms with Crippen molar-refractivity contribution in [2.45, 2.75) is 18.9 Å². The second-order valence-electron chi connectivity index (χ2n) is 8.56. The zero-order valence-electron chi connectivity index (χ0n) is 20.7. The number of fused-ring (bicyclic) bond motifs is 1. The molecule has 0 saturated heterocycles. The van der Waals surface area contributed by atoms with E-state index in [0.717, 1.165) is 7.11 Å². The first-order chi connectivity index (χ1) is 19.0. The van der Waals surface area contributed by atoms with Crippen molar-refractivity contribution in [1.29, 1.82) is 5.26 Å². The third-order valence-corrected chi connectivity index (χ3v) is 6.84. The standard InChI is InChI=1S/C23H18FN9O6S/c1-23(11-25)17-19(28-21(23)34)26-18(27-20(17)31-40(36,37)32-22(35)38-2)15-9-16(14-7-8-39-30-14)33(29-15)10-12-5-3-4-6-13(12)24/h3-9H,10H2,1-2H3,(H,32,35)(H2,26,27,28,31,34). The highest BCUT2D eigenvalue weighted by Gasteiger charge is 2.48. The summed E-state index contributed by atoms with van der Waals surface area (Å²) in [6.45, 7) is 1.24. The fourth-order valence-electron chi connectivity index (χ4n) is 3.96. The lowest BCUT2D eigenvalue weighted by Gasteiger charge is -2.17. The van der Waals surface area contributed by atoms with Crippen LogP contribution in [-0.2, 0) is 31.7 Å². The summed E-state index contributed by atoms with van der Waals surface area (Å²) in [5, 5.41) is 20.6. The van der Waals surface area contributed by atoms with E-state index in [1.165, 1.54) is 30.0 Å². The van der Waals surface area contributed by atoms with Gasteiger partial charge in [-0.25, -0.2) is 28.6 Å². The van der Waals surface area contributed by atoms with Crippen LogP contribution in [0.5, 0.6) is 0 Å². The lowest BCUT2D eigenvalue weighted by molar-refractivity contribution is -0.118. The average molecular weight is 568 g/mol. The molecule has 17 heteroatoms. The Morgan fingerprint density at radius 2 is 2.05 bits per heavy atom. The molecule has 4 aromatic rings. The number of ether oxygens (including phenoxy) is 1. The van der Waals surface area contributed by atoms with Crippen molar-refractivity contribution < 1.29 is 31.7 Å². The van der Waals surface area contributed by atoms with Gasteiger partial charge in [0.1, 0.15) is 29.3 Å². The van der Waals surface area contributed by atoms with Gasteiger partial charge in [-0.1, -0.05) is 23.4 Å². The molecular weight excluding hydrogens is 549 g/mol. The molecule has 5 rings (SSSR count). The number of nitriles is 1. The van der Waals surface area contributed by atoms with Crippen LogP contribution in [0.1, 0.15) is 18.1 Å². The first-order valence-corrected chi connectivity index (χ1v) is 12.8. The zero-order chi connectivity index (χ0) is 28.7. The summed E-state index contributed by atoms with van der Waals surface area (Å²) in [6, 6.07) is 11.0. The van der Waals surface area contributed by atoms with Crippen LogP contribution < -0.4 is 14.8 Å². The van der Waals surface area contributed by atoms with E-state index in [1.807, 2.05) is 6.07 Å². The Morgan fingerprint density at radius 1 is 1.27 bits per heavy atom. The number of hydrogen-bond donors (Lipinski definition) is 3. The zero-order valence-corrected chi connectivity index (χ0v) is 21.5. The number of rotatable bonds is 7. The molecular formula is C23H18FN9O6S. The van der Waals surface area contributed by atoms with Gasteiger partial charge in [-0.3, -0.25) is 9.48 Å². The summed E-state index contributed by atoms with van der Waals surface area (Å²) in [7, 11) is -3.67. The summed E-state index contributed by atoms with van der Waals surface area (Å²) in [5.74, 6) is -2.03. The van der Waals surface area contributed by atoms with E-state index in [2.05, 4.69) is 35.0 Å². The number of nitrogens with one attached hydrogen (secondary N) is 3. The molecule has 0 aliphatic carbocycles. The molecule has 1 aromatic carbocycles. The van der Waals surface area contributed by atoms with Gasteiger partial charge in [-0.15, -0.1) is 0 Å². The van der Waals surface area contributed by atoms with Crippen LogP contribution in [0.15, 0.2) is 47.2 Å². The van der Waals surface area contributed by atoms with Gasteiger partial charge in [-0.05, 0) is 19.1 Å². The van der Waals surface area contributed by atoms with Gasteiger partial charge in [-0.2, -0.15) is 18.8 Å². The minimum Gasteiger partial charge on any atom is -0.452 e. The number of anilines is 2. The maximum atomic E-state index is 14.4. The van der Waals surface area contributed by atoms with E-state index in [-0.39, 0.29) is 29.4 Å². The van der Waals surface area contributed by atoms with Gasteiger partial charge in [0.25, 0.3) is 5.91 Å². The Morgan fingerprint density at radius 3 is 2.73 bits per heavy atom. The van der Waals surface area contributed by atoms with E-state index in [9.17, 15) is 27.7 Å². The van der Waals surface area contributed by atoms with Gasteiger partial charge in [0.15, 0.2) is 17.1 Å². The predicted octanol–water partition coefficient (Wildman–Crippen LogP) is 1.93. The van der Waals surface area contributed by atoms with E-state index in [1.54, 1.807) is 29.0 Å². The number of carbonyl (C=O) groups excluding carboxylic acids is 2. The largest absolute Gasteiger partial charge is 0.452 e. The van der Waals surface area contributed by atoms with Gasteiger partial charge in [0.05, 0.1) is 31.0 Å². The molecule has 0 spiro atoms. The predicted molar refractivity (Wildman–Crippen MR) is 134 cm³/mol. The lowest BCUT2D eigenvalue weighted by atomic mass is 9.86. The van der Waals surface area contributed by atoms with Crippen molar-refractivity contribution >= 4 is 33.8 Å². The quantitative estimate of drug-likeness (QED) is 0.294. The summed E-state index contributed by atoms with van der Waals surface area (Å²) in [6.07, 6.45) is 0.0423. The number of nitrogens with zero attached hydrogens (tertiary/aromatic N) is 6. The van der Waals surface area contributed by atoms with Crippen molar-refractivity contribution in [3.05, 3.63) is 59.6 Å². The van der Waals surface area contributed by atoms with E-state index in [4.69, 9.17) is 4.52 Å². The van der Waals surface area contributed by atoms with E-state index < -0.39 is 39.3 Å². The van der Waals surface area contributed by atoms with Crippen LogP contribution >= 0.6 is 0 Å². The highest BCUT2D eigenvalue weighted by Crippen LogP contribution is 2.41. The molecule has 2 amide bonds. The molecule has 0 fully saturated rings. The Kier molecular flexibility index (Phi) is 6.39. The van der Waals surface area contributed by atoms with Crippen molar-refractivity contribution in [3.8, 4) is 29.0 Å². The van der Waals surface area contributed by atoms with Gasteiger partial charge in [0.2, 0.25) is 0 Å². The second-order valence-corrected chi connectivity index (χ2v) is 9.97. The number of carbonyl (C=O) groups is 2. The fourth-order valence-corrected chi connectivity index (χ4v) is 4.71. The van der Waals surface area contributed by atoms with Crippen molar-refractivity contribution in [2.75, 3.05) is 17.1 Å². The number of halogens is 1. The molecule has 1 aliphatic rings. The summed E-state index contributed by atoms with van der Waals surface area (Å²) in [5.41, 5.74) is -0.898. The summed E-state index contributed by atoms with van der Waals surface area (Å²) < 4.78 is 54.0. The number of hydrogen-bond acceptors (Lipinski definition) is 11. The molecule has 0 bridgehead atoms. The minimum atomic E-state index is -4.63. The van der Waals surface area contributed by atoms with Crippen LogP contribution in [0.2, 0.25) is 0 Å². The summed E-state index contributed by atoms with van der Waals surface area (Å²) in [4.78, 5) is 32.8. The number of benzene rings is 1. The Labute approximate surface area is 225 Å². The monoisotopic (exact) mass is 567 g/mol. The molecule has 4 heterocycles. The Bertz CT molecular complexity index is 1800. The van der Waals surface area contributed by atoms with Gasteiger partial charge >= 0.3 is 16.3 Å². The first-order valence-electron chi connectivity index (χ1n) is 11.3. The maximum Gasteiger partial charge on any atom is 0.422 e. The molecule has 3 aromatic heterocycles. The van der Waals surface area contributed by atoms with E-state index in [0.29, 0.717) is 17.0 Å². The molecule has 0 radical (unpaired) electrons. The molecule has 1 unspecified atom stereocenters. The highest BCUT2D eigenvalue weighted by atomic mass is 32.2. The molecule has 204 valence electrons. The number of methoxy groups -OCH3 is 1. The Hall–Kier alpha value is -5.37. The van der Waals surface area contributed by atoms with Crippen LogP contribution in [0.3, 0.4) is 0 Å². The lowest BCUT2D eigenvalue weighted by Crippen LogP contribution is -2.36. The maximum absolute atomic E-state index is 14.4. The fraction of sp³-hybridized carbons (Fsp3) is 0.174. The smallest absolute Gasteiger partial charge is 0.422 e. The Balaban J connectivity index is 1.65. The molecule has 3 N–H and O–H groups in total. The third kappa shape index (κ3) is 4.67. The minimum absolute atomic E-state index is 0.0222. The number of amides is 2. The third-order valence-electron chi connectivity index (χ3n) is 5.94. The average Bonchev–Trinajstić information content (AvgIpc) is 3.64. The normalized spacial score (nSPS) is 16.1. The molecule has 1 atom stereocenters. The van der Waals surface area contributed by atoms with Gasteiger partial charge in [0, 0.05) is 11.6 Å². The van der Waals surface area contributed by atoms with Crippen LogP contribution in [0, 0.1) is 17.1 Å². The molecule has 40 heavy (non-hydrogen) atoms. The number of aromatic nitrogens is 5. The van der Waals surface area contributed by atoms with Crippen LogP contribution in [-0.4, -0.2) is 52.4 Å². The second kappa shape index (κ2) is 9.74. The topological polar surface area (TPSA) is 207 Å². The first kappa shape index (κ1) is 26.2. The van der Waals surface area contributed by atoms with Crippen LogP contribution in [0.25, 0.3) is 22.9 Å². The van der Waals surface area contributed by atoms with Crippen LogP contribution in [0.4, 0.5) is 20.8 Å². The SMILES string of the molecule is COC(=O)NS(=O)(=O)Nc1nc(-c2cc(-c3ccon3)n(Cc3ccccc3F)n2)nc2c1C(C)(C#N)C(=O)N2. The van der Waals surface area contributed by atoms with Gasteiger partial charge < -0.3 is 14.6 Å². The molecule has 0 saturated carbocycles. The van der Waals surface area contributed by atoms with E-state index >= 15 is 0 Å².